The van der Waals surface area contributed by atoms with E-state index in [4.69, 9.17) is 0 Å². The lowest BCUT2D eigenvalue weighted by atomic mass is 10.1. The summed E-state index contributed by atoms with van der Waals surface area (Å²) in [6.45, 7) is 2.56. The van der Waals surface area contributed by atoms with E-state index in [-0.39, 0.29) is 18.2 Å². The van der Waals surface area contributed by atoms with Gasteiger partial charge in [0.15, 0.2) is 0 Å². The van der Waals surface area contributed by atoms with Crippen LogP contribution in [0.25, 0.3) is 0 Å². The molecule has 2 unspecified atom stereocenters. The molecule has 1 N–H and O–H groups in total. The van der Waals surface area contributed by atoms with Crippen LogP contribution in [0.5, 0.6) is 0 Å². The highest BCUT2D eigenvalue weighted by Gasteiger charge is 2.34. The topological polar surface area (TPSA) is 49.8 Å². The molecule has 0 saturated carbocycles. The van der Waals surface area contributed by atoms with Crippen LogP contribution in [0.2, 0.25) is 0 Å². The van der Waals surface area contributed by atoms with Crippen molar-refractivity contribution >= 4 is 6.09 Å². The third kappa shape index (κ3) is 1.53. The molecule has 0 aliphatic carbocycles. The summed E-state index contributed by atoms with van der Waals surface area (Å²) >= 11 is 0. The first-order valence-corrected chi connectivity index (χ1v) is 4.23. The van der Waals surface area contributed by atoms with Gasteiger partial charge in [0.2, 0.25) is 0 Å². The van der Waals surface area contributed by atoms with Gasteiger partial charge in [-0.2, -0.15) is 0 Å². The molecule has 0 radical (unpaired) electrons. The summed E-state index contributed by atoms with van der Waals surface area (Å²) in [5, 5.41) is 9.45. The maximum atomic E-state index is 11.1. The minimum absolute atomic E-state index is 0.0579. The summed E-state index contributed by atoms with van der Waals surface area (Å²) in [5.41, 5.74) is 0. The van der Waals surface area contributed by atoms with Crippen LogP contribution >= 0.6 is 0 Å². The molecule has 1 amide bonds. The molecule has 2 atom stereocenters. The number of ether oxygens (including phenoxy) is 1. The summed E-state index contributed by atoms with van der Waals surface area (Å²) in [4.78, 5) is 12.7. The maximum absolute atomic E-state index is 11.1. The number of aliphatic hydroxyl groups is 1. The Hall–Kier alpha value is -0.770. The van der Waals surface area contributed by atoms with E-state index in [2.05, 4.69) is 4.74 Å². The second-order valence-electron chi connectivity index (χ2n) is 3.00. The molecular weight excluding hydrogens is 158 g/mol. The fraction of sp³-hybridized carbons (Fsp3) is 0.875. The Bertz CT molecular complexity index is 172. The lowest BCUT2D eigenvalue weighted by molar-refractivity contribution is 0.0873. The molecule has 1 aliphatic rings. The Morgan fingerprint density at radius 2 is 2.42 bits per heavy atom. The molecule has 0 aromatic carbocycles. The van der Waals surface area contributed by atoms with Crippen LogP contribution in [0.1, 0.15) is 19.8 Å². The normalized spacial score (nSPS) is 29.1. The number of amides is 1. The van der Waals surface area contributed by atoms with Crippen molar-refractivity contribution in [1.82, 2.24) is 4.90 Å². The number of likely N-dealkylation sites (tertiary alicyclic amines) is 1. The van der Waals surface area contributed by atoms with E-state index >= 15 is 0 Å². The van der Waals surface area contributed by atoms with Crippen LogP contribution in [-0.4, -0.2) is 41.9 Å². The van der Waals surface area contributed by atoms with Gasteiger partial charge in [-0.3, -0.25) is 0 Å². The molecule has 1 aliphatic heterocycles. The van der Waals surface area contributed by atoms with E-state index < -0.39 is 0 Å². The van der Waals surface area contributed by atoms with Crippen LogP contribution in [0.3, 0.4) is 0 Å². The number of aliphatic hydroxyl groups excluding tert-OH is 1. The number of methoxy groups -OCH3 is 1. The molecular formula is C8H15NO3. The molecule has 70 valence electrons. The average Bonchev–Trinajstić information content (AvgIpc) is 2.45. The van der Waals surface area contributed by atoms with Crippen molar-refractivity contribution in [2.45, 2.75) is 31.9 Å². The van der Waals surface area contributed by atoms with Crippen LogP contribution in [-0.2, 0) is 4.74 Å². The van der Waals surface area contributed by atoms with Crippen molar-refractivity contribution in [2.24, 2.45) is 0 Å². The van der Waals surface area contributed by atoms with Gasteiger partial charge in [-0.25, -0.2) is 4.79 Å². The van der Waals surface area contributed by atoms with E-state index in [0.717, 1.165) is 6.42 Å². The molecule has 1 heterocycles. The highest BCUT2D eigenvalue weighted by molar-refractivity contribution is 5.68. The molecule has 4 heteroatoms. The monoisotopic (exact) mass is 173 g/mol. The summed E-state index contributed by atoms with van der Waals surface area (Å²) < 4.78 is 4.59. The lowest BCUT2D eigenvalue weighted by Gasteiger charge is -2.23. The second-order valence-corrected chi connectivity index (χ2v) is 3.00. The summed E-state index contributed by atoms with van der Waals surface area (Å²) in [5.74, 6) is 0. The van der Waals surface area contributed by atoms with Crippen molar-refractivity contribution in [3.63, 3.8) is 0 Å². The first kappa shape index (κ1) is 9.32. The Balaban J connectivity index is 2.60. The van der Waals surface area contributed by atoms with Gasteiger partial charge in [0, 0.05) is 6.54 Å². The molecule has 0 aromatic heterocycles. The van der Waals surface area contributed by atoms with E-state index in [9.17, 15) is 9.90 Å². The van der Waals surface area contributed by atoms with Crippen molar-refractivity contribution in [1.29, 1.82) is 0 Å². The number of carbonyl (C=O) groups is 1. The van der Waals surface area contributed by atoms with Gasteiger partial charge >= 0.3 is 6.09 Å². The number of hydrogen-bond donors (Lipinski definition) is 1. The quantitative estimate of drug-likeness (QED) is 0.631. The van der Waals surface area contributed by atoms with Crippen molar-refractivity contribution in [3.8, 4) is 0 Å². The van der Waals surface area contributed by atoms with Gasteiger partial charge in [0.25, 0.3) is 0 Å². The van der Waals surface area contributed by atoms with Crippen LogP contribution in [0.4, 0.5) is 4.79 Å². The van der Waals surface area contributed by atoms with Gasteiger partial charge in [-0.05, 0) is 12.8 Å². The van der Waals surface area contributed by atoms with Crippen molar-refractivity contribution < 1.29 is 14.6 Å². The van der Waals surface area contributed by atoms with Crippen molar-refractivity contribution in [2.75, 3.05) is 13.7 Å². The predicted molar refractivity (Wildman–Crippen MR) is 43.8 cm³/mol. The molecule has 4 nitrogen and oxygen atoms in total. The van der Waals surface area contributed by atoms with Crippen molar-refractivity contribution in [3.05, 3.63) is 0 Å². The largest absolute Gasteiger partial charge is 0.453 e. The molecule has 12 heavy (non-hydrogen) atoms. The summed E-state index contributed by atoms with van der Waals surface area (Å²) in [6.07, 6.45) is 0.719. The van der Waals surface area contributed by atoms with E-state index in [1.165, 1.54) is 7.11 Å². The standard InChI is InChI=1S/C8H15NO3/c1-3-6-7(10)4-5-9(6)8(11)12-2/h6-7,10H,3-5H2,1-2H3. The number of rotatable bonds is 1. The van der Waals surface area contributed by atoms with Crippen LogP contribution in [0.15, 0.2) is 0 Å². The third-order valence-electron chi connectivity index (χ3n) is 2.34. The Morgan fingerprint density at radius 1 is 1.75 bits per heavy atom. The zero-order valence-corrected chi connectivity index (χ0v) is 7.49. The Morgan fingerprint density at radius 3 is 2.92 bits per heavy atom. The summed E-state index contributed by atoms with van der Waals surface area (Å²) in [6, 6.07) is -0.0579. The van der Waals surface area contributed by atoms with Gasteiger partial charge in [0.1, 0.15) is 0 Å². The third-order valence-corrected chi connectivity index (χ3v) is 2.34. The SMILES string of the molecule is CCC1C(O)CCN1C(=O)OC. The van der Waals surface area contributed by atoms with Gasteiger partial charge in [-0.15, -0.1) is 0 Å². The Kier molecular flexibility index (Phi) is 2.92. The molecule has 1 rings (SSSR count). The van der Waals surface area contributed by atoms with Crippen LogP contribution < -0.4 is 0 Å². The minimum Gasteiger partial charge on any atom is -0.453 e. The first-order valence-electron chi connectivity index (χ1n) is 4.23. The highest BCUT2D eigenvalue weighted by Crippen LogP contribution is 2.20. The van der Waals surface area contributed by atoms with Gasteiger partial charge in [-0.1, -0.05) is 6.92 Å². The minimum atomic E-state index is -0.380. The average molecular weight is 173 g/mol. The smallest absolute Gasteiger partial charge is 0.409 e. The fourth-order valence-corrected chi connectivity index (χ4v) is 1.67. The van der Waals surface area contributed by atoms with Gasteiger partial charge < -0.3 is 14.7 Å². The van der Waals surface area contributed by atoms with Crippen LogP contribution in [0, 0.1) is 0 Å². The Labute approximate surface area is 72.1 Å². The highest BCUT2D eigenvalue weighted by atomic mass is 16.5. The maximum Gasteiger partial charge on any atom is 0.409 e. The molecule has 0 spiro atoms. The van der Waals surface area contributed by atoms with E-state index in [1.807, 2.05) is 6.92 Å². The number of carbonyl (C=O) groups excluding carboxylic acids is 1. The molecule has 1 fully saturated rings. The zero-order chi connectivity index (χ0) is 9.14. The van der Waals surface area contributed by atoms with E-state index in [1.54, 1.807) is 4.90 Å². The van der Waals surface area contributed by atoms with E-state index in [0.29, 0.717) is 13.0 Å². The second kappa shape index (κ2) is 3.76. The molecule has 0 aromatic rings. The predicted octanol–water partition coefficient (Wildman–Crippen LogP) is 0.598. The summed E-state index contributed by atoms with van der Waals surface area (Å²) in [7, 11) is 1.36. The molecule has 1 saturated heterocycles. The van der Waals surface area contributed by atoms with Gasteiger partial charge in [0.05, 0.1) is 19.3 Å². The first-order chi connectivity index (χ1) is 5.70. The fourth-order valence-electron chi connectivity index (χ4n) is 1.67. The molecule has 0 bridgehead atoms. The number of hydrogen-bond acceptors (Lipinski definition) is 3. The zero-order valence-electron chi connectivity index (χ0n) is 7.49. The number of nitrogens with zero attached hydrogens (tertiary/aromatic N) is 1. The lowest BCUT2D eigenvalue weighted by Crippen LogP contribution is -2.38.